The van der Waals surface area contributed by atoms with E-state index in [0.717, 1.165) is 18.5 Å². The second-order valence-corrected chi connectivity index (χ2v) is 4.96. The highest BCUT2D eigenvalue weighted by Crippen LogP contribution is 2.20. The maximum atomic E-state index is 9.30. The van der Waals surface area contributed by atoms with Crippen molar-refractivity contribution in [3.8, 4) is 6.07 Å². The molecule has 0 aliphatic heterocycles. The molecule has 17 heavy (non-hydrogen) atoms. The maximum Gasteiger partial charge on any atom is 0.123 e. The largest absolute Gasteiger partial charge is 0.287 e. The fourth-order valence-electron chi connectivity index (χ4n) is 2.04. The highest BCUT2D eigenvalue weighted by atomic mass is 15.1. The van der Waals surface area contributed by atoms with E-state index >= 15 is 0 Å². The van der Waals surface area contributed by atoms with Gasteiger partial charge < -0.3 is 0 Å². The molecule has 0 radical (unpaired) electrons. The smallest absolute Gasteiger partial charge is 0.123 e. The zero-order valence-corrected chi connectivity index (χ0v) is 11.3. The van der Waals surface area contributed by atoms with Crippen molar-refractivity contribution in [2.75, 3.05) is 13.6 Å². The lowest BCUT2D eigenvalue weighted by Crippen LogP contribution is -2.27. The Bertz CT molecular complexity index is 373. The molecule has 0 saturated heterocycles. The first kappa shape index (κ1) is 13.7. The summed E-state index contributed by atoms with van der Waals surface area (Å²) in [6, 6.07) is 10.6. The van der Waals surface area contributed by atoms with Crippen LogP contribution in [-0.4, -0.2) is 18.5 Å². The number of nitriles is 1. The van der Waals surface area contributed by atoms with Gasteiger partial charge in [-0.1, -0.05) is 45.0 Å². The molecule has 0 amide bonds. The summed E-state index contributed by atoms with van der Waals surface area (Å²) >= 11 is 0. The van der Waals surface area contributed by atoms with Gasteiger partial charge in [0.15, 0.2) is 0 Å². The Morgan fingerprint density at radius 1 is 1.24 bits per heavy atom. The van der Waals surface area contributed by atoms with Gasteiger partial charge in [0.25, 0.3) is 0 Å². The number of rotatable bonds is 5. The number of hydrogen-bond acceptors (Lipinski definition) is 2. The summed E-state index contributed by atoms with van der Waals surface area (Å²) in [5.41, 5.74) is 2.41. The third kappa shape index (κ3) is 3.87. The summed E-state index contributed by atoms with van der Waals surface area (Å²) in [5, 5.41) is 9.30. The fraction of sp³-hybridized carbons (Fsp3) is 0.533. The number of hydrogen-bond donors (Lipinski definition) is 0. The average molecular weight is 230 g/mol. The van der Waals surface area contributed by atoms with E-state index in [2.05, 4.69) is 56.0 Å². The molecule has 1 atom stereocenters. The first-order chi connectivity index (χ1) is 8.08. The second-order valence-electron chi connectivity index (χ2n) is 4.96. The first-order valence-electron chi connectivity index (χ1n) is 6.27. The quantitative estimate of drug-likeness (QED) is 0.775. The van der Waals surface area contributed by atoms with Crippen LogP contribution >= 0.6 is 0 Å². The highest BCUT2D eigenvalue weighted by molar-refractivity contribution is 5.28. The first-order valence-corrected chi connectivity index (χ1v) is 6.27. The van der Waals surface area contributed by atoms with E-state index in [0.29, 0.717) is 5.92 Å². The van der Waals surface area contributed by atoms with Gasteiger partial charge in [-0.2, -0.15) is 5.26 Å². The van der Waals surface area contributed by atoms with Crippen molar-refractivity contribution in [3.63, 3.8) is 0 Å². The van der Waals surface area contributed by atoms with Crippen LogP contribution in [0.2, 0.25) is 0 Å². The van der Waals surface area contributed by atoms with Crippen LogP contribution in [0.5, 0.6) is 0 Å². The number of nitrogens with zero attached hydrogens (tertiary/aromatic N) is 2. The Hall–Kier alpha value is -1.33. The van der Waals surface area contributed by atoms with Crippen molar-refractivity contribution >= 4 is 0 Å². The molecular weight excluding hydrogens is 208 g/mol. The molecule has 1 aromatic carbocycles. The fourth-order valence-corrected chi connectivity index (χ4v) is 2.04. The Morgan fingerprint density at radius 2 is 1.82 bits per heavy atom. The van der Waals surface area contributed by atoms with Crippen molar-refractivity contribution in [2.24, 2.45) is 5.92 Å². The minimum Gasteiger partial charge on any atom is -0.287 e. The van der Waals surface area contributed by atoms with Crippen molar-refractivity contribution in [2.45, 2.75) is 33.2 Å². The maximum absolute atomic E-state index is 9.30. The molecule has 1 unspecified atom stereocenters. The van der Waals surface area contributed by atoms with E-state index in [4.69, 9.17) is 0 Å². The summed E-state index contributed by atoms with van der Waals surface area (Å²) in [4.78, 5) is 2.12. The normalized spacial score (nSPS) is 12.8. The van der Waals surface area contributed by atoms with Crippen LogP contribution in [0.15, 0.2) is 24.3 Å². The van der Waals surface area contributed by atoms with E-state index in [1.165, 1.54) is 5.56 Å². The van der Waals surface area contributed by atoms with Gasteiger partial charge >= 0.3 is 0 Å². The lowest BCUT2D eigenvalue weighted by molar-refractivity contribution is 0.259. The molecule has 0 aliphatic carbocycles. The molecule has 2 nitrogen and oxygen atoms in total. The lowest BCUT2D eigenvalue weighted by Gasteiger charge is -2.24. The molecule has 0 aliphatic rings. The second kappa shape index (κ2) is 6.42. The molecular formula is C15H22N2. The summed E-state index contributed by atoms with van der Waals surface area (Å²) in [7, 11) is 2.02. The minimum atomic E-state index is -0.136. The monoisotopic (exact) mass is 230 g/mol. The van der Waals surface area contributed by atoms with E-state index in [9.17, 15) is 5.26 Å². The van der Waals surface area contributed by atoms with Gasteiger partial charge in [0.2, 0.25) is 0 Å². The van der Waals surface area contributed by atoms with Crippen molar-refractivity contribution in [1.82, 2.24) is 4.90 Å². The van der Waals surface area contributed by atoms with E-state index in [-0.39, 0.29) is 6.04 Å². The SMILES string of the molecule is CCc1ccc(C(C#N)N(C)CC(C)C)cc1. The number of benzene rings is 1. The van der Waals surface area contributed by atoms with Gasteiger partial charge in [-0.25, -0.2) is 0 Å². The predicted octanol–water partition coefficient (Wildman–Crippen LogP) is 3.40. The van der Waals surface area contributed by atoms with Crippen LogP contribution in [0.25, 0.3) is 0 Å². The van der Waals surface area contributed by atoms with Crippen molar-refractivity contribution < 1.29 is 0 Å². The highest BCUT2D eigenvalue weighted by Gasteiger charge is 2.16. The topological polar surface area (TPSA) is 27.0 Å². The molecule has 2 heteroatoms. The van der Waals surface area contributed by atoms with Crippen LogP contribution in [0.3, 0.4) is 0 Å². The van der Waals surface area contributed by atoms with Crippen molar-refractivity contribution in [3.05, 3.63) is 35.4 Å². The van der Waals surface area contributed by atoms with E-state index in [1.807, 2.05) is 7.05 Å². The Balaban J connectivity index is 2.82. The standard InChI is InChI=1S/C15H22N2/c1-5-13-6-8-14(9-7-13)15(10-16)17(4)11-12(2)3/h6-9,12,15H,5,11H2,1-4H3. The minimum absolute atomic E-state index is 0.136. The summed E-state index contributed by atoms with van der Waals surface area (Å²) in [6.07, 6.45) is 1.04. The van der Waals surface area contributed by atoms with Gasteiger partial charge in [0.1, 0.15) is 6.04 Å². The van der Waals surface area contributed by atoms with Gasteiger partial charge in [-0.3, -0.25) is 4.90 Å². The molecule has 1 aromatic rings. The third-order valence-electron chi connectivity index (χ3n) is 2.92. The van der Waals surface area contributed by atoms with E-state index in [1.54, 1.807) is 0 Å². The molecule has 0 saturated carbocycles. The third-order valence-corrected chi connectivity index (χ3v) is 2.92. The molecule has 0 N–H and O–H groups in total. The summed E-state index contributed by atoms with van der Waals surface area (Å²) in [5.74, 6) is 0.575. The Kier molecular flexibility index (Phi) is 5.18. The van der Waals surface area contributed by atoms with Gasteiger partial charge in [0, 0.05) is 6.54 Å². The Morgan fingerprint density at radius 3 is 2.24 bits per heavy atom. The summed E-state index contributed by atoms with van der Waals surface area (Å²) < 4.78 is 0. The van der Waals surface area contributed by atoms with Gasteiger partial charge in [-0.15, -0.1) is 0 Å². The molecule has 92 valence electrons. The van der Waals surface area contributed by atoms with Gasteiger partial charge in [-0.05, 0) is 30.5 Å². The molecule has 0 fully saturated rings. The van der Waals surface area contributed by atoms with Crippen LogP contribution in [0, 0.1) is 17.2 Å². The summed E-state index contributed by atoms with van der Waals surface area (Å²) in [6.45, 7) is 7.42. The van der Waals surface area contributed by atoms with Crippen LogP contribution in [-0.2, 0) is 6.42 Å². The van der Waals surface area contributed by atoms with Crippen LogP contribution in [0.1, 0.15) is 37.9 Å². The van der Waals surface area contributed by atoms with Crippen LogP contribution < -0.4 is 0 Å². The molecule has 0 aromatic heterocycles. The van der Waals surface area contributed by atoms with Gasteiger partial charge in [0.05, 0.1) is 6.07 Å². The predicted molar refractivity (Wildman–Crippen MR) is 71.6 cm³/mol. The molecule has 1 rings (SSSR count). The zero-order valence-electron chi connectivity index (χ0n) is 11.3. The Labute approximate surface area is 105 Å². The average Bonchev–Trinajstić information content (AvgIpc) is 2.30. The molecule has 0 heterocycles. The molecule has 0 spiro atoms. The van der Waals surface area contributed by atoms with E-state index < -0.39 is 0 Å². The molecule has 0 bridgehead atoms. The lowest BCUT2D eigenvalue weighted by atomic mass is 10.0. The number of aryl methyl sites for hydroxylation is 1. The zero-order chi connectivity index (χ0) is 12.8. The van der Waals surface area contributed by atoms with Crippen LogP contribution in [0.4, 0.5) is 0 Å². The van der Waals surface area contributed by atoms with Crippen molar-refractivity contribution in [1.29, 1.82) is 5.26 Å².